The number of hydrogen-bond donors (Lipinski definition) is 1. The van der Waals surface area contributed by atoms with Gasteiger partial charge in [-0.2, -0.15) is 0 Å². The van der Waals surface area contributed by atoms with E-state index in [-0.39, 0.29) is 44.9 Å². The van der Waals surface area contributed by atoms with Gasteiger partial charge in [0.1, 0.15) is 5.75 Å². The molecule has 0 radical (unpaired) electrons. The van der Waals surface area contributed by atoms with Crippen LogP contribution in [0.25, 0.3) is 0 Å². The Bertz CT molecular complexity index is 1050. The van der Waals surface area contributed by atoms with Crippen molar-refractivity contribution < 1.29 is 18.9 Å². The van der Waals surface area contributed by atoms with Crippen molar-refractivity contribution in [1.29, 1.82) is 0 Å². The number of non-ortho nitro benzene ring substituents is 1. The van der Waals surface area contributed by atoms with Crippen molar-refractivity contribution in [2.75, 3.05) is 11.1 Å². The van der Waals surface area contributed by atoms with Crippen LogP contribution in [-0.2, 0) is 11.4 Å². The summed E-state index contributed by atoms with van der Waals surface area (Å²) in [5, 5.41) is 21.6. The molecule has 1 aromatic heterocycles. The van der Waals surface area contributed by atoms with Crippen molar-refractivity contribution in [2.45, 2.75) is 11.8 Å². The van der Waals surface area contributed by atoms with Crippen LogP contribution in [0.4, 0.5) is 11.4 Å². The van der Waals surface area contributed by atoms with E-state index >= 15 is 0 Å². The van der Waals surface area contributed by atoms with Crippen molar-refractivity contribution in [3.05, 3.63) is 67.5 Å². The van der Waals surface area contributed by atoms with Gasteiger partial charge >= 0.3 is 0 Å². The minimum Gasteiger partial charge on any atom is -0.484 e. The van der Waals surface area contributed by atoms with Gasteiger partial charge < -0.3 is 14.5 Å². The quantitative estimate of drug-likeness (QED) is 0.259. The highest BCUT2D eigenvalue weighted by Gasteiger charge is 2.17. The molecule has 3 rings (SSSR count). The summed E-state index contributed by atoms with van der Waals surface area (Å²) in [5.74, 6) is 0.274. The Hall–Kier alpha value is -2.53. The fourth-order valence-electron chi connectivity index (χ4n) is 2.12. The van der Waals surface area contributed by atoms with Crippen LogP contribution in [0.15, 0.2) is 46.0 Å². The Morgan fingerprint density at radius 1 is 1.17 bits per heavy atom. The number of aromatic nitrogens is 2. The third-order valence-corrected chi connectivity index (χ3v) is 5.12. The molecule has 1 heterocycles. The Morgan fingerprint density at radius 3 is 2.47 bits per heavy atom. The number of nitro benzene ring substituents is 1. The minimum absolute atomic E-state index is 0.0491. The highest BCUT2D eigenvalue weighted by Crippen LogP contribution is 2.34. The molecule has 1 amide bonds. The number of halogens is 3. The summed E-state index contributed by atoms with van der Waals surface area (Å²) in [7, 11) is 0. The van der Waals surface area contributed by atoms with Crippen LogP contribution in [0.3, 0.4) is 0 Å². The molecule has 0 saturated heterocycles. The Morgan fingerprint density at radius 2 is 1.83 bits per heavy atom. The first-order valence-corrected chi connectivity index (χ1v) is 10.2. The second-order valence-electron chi connectivity index (χ2n) is 5.58. The number of benzene rings is 2. The predicted octanol–water partition coefficient (Wildman–Crippen LogP) is 5.25. The number of anilines is 1. The number of nitrogens with zero attached hydrogens (tertiary/aromatic N) is 3. The lowest BCUT2D eigenvalue weighted by Gasteiger charge is -2.08. The number of nitrogens with one attached hydrogen (secondary N) is 1. The van der Waals surface area contributed by atoms with E-state index in [4.69, 9.17) is 44.0 Å². The molecule has 13 heteroatoms. The maximum atomic E-state index is 12.1. The van der Waals surface area contributed by atoms with Gasteiger partial charge in [-0.1, -0.05) is 46.6 Å². The highest BCUT2D eigenvalue weighted by atomic mass is 35.5. The fraction of sp³-hybridized carbons (Fsp3) is 0.118. The van der Waals surface area contributed by atoms with Crippen LogP contribution in [0.5, 0.6) is 5.75 Å². The van der Waals surface area contributed by atoms with Gasteiger partial charge in [-0.3, -0.25) is 14.9 Å². The molecule has 0 bridgehead atoms. The standard InChI is InChI=1S/C17H11Cl3N4O5S/c18-9-1-3-11(4-2-9)28-7-15-22-23-17(29-15)30-8-14(25)21-16-12(19)5-10(24(26)27)6-13(16)20/h1-6H,7-8H2,(H,21,25). The van der Waals surface area contributed by atoms with E-state index in [1.54, 1.807) is 24.3 Å². The second kappa shape index (κ2) is 9.98. The number of carbonyl (C=O) groups excluding carboxylic acids is 1. The number of carbonyl (C=O) groups is 1. The van der Waals surface area contributed by atoms with Gasteiger partial charge in [0.2, 0.25) is 5.91 Å². The molecule has 0 unspecified atom stereocenters. The van der Waals surface area contributed by atoms with Crippen molar-refractivity contribution in [3.63, 3.8) is 0 Å². The molecule has 0 aliphatic rings. The van der Waals surface area contributed by atoms with Crippen LogP contribution in [0.1, 0.15) is 5.89 Å². The summed E-state index contributed by atoms with van der Waals surface area (Å²) in [4.78, 5) is 22.3. The SMILES string of the molecule is O=C(CSc1nnc(COc2ccc(Cl)cc2)o1)Nc1c(Cl)cc([N+](=O)[O-])cc1Cl. The van der Waals surface area contributed by atoms with E-state index < -0.39 is 10.8 Å². The van der Waals surface area contributed by atoms with Gasteiger partial charge in [-0.25, -0.2) is 0 Å². The van der Waals surface area contributed by atoms with Crippen molar-refractivity contribution >= 4 is 63.8 Å². The van der Waals surface area contributed by atoms with E-state index in [1.807, 2.05) is 0 Å². The van der Waals surface area contributed by atoms with E-state index in [2.05, 4.69) is 15.5 Å². The molecule has 30 heavy (non-hydrogen) atoms. The summed E-state index contributed by atoms with van der Waals surface area (Å²) in [6, 6.07) is 8.98. The van der Waals surface area contributed by atoms with Crippen molar-refractivity contribution in [3.8, 4) is 5.75 Å². The number of hydrogen-bond acceptors (Lipinski definition) is 8. The first-order chi connectivity index (χ1) is 14.3. The van der Waals surface area contributed by atoms with E-state index in [0.29, 0.717) is 10.8 Å². The maximum Gasteiger partial charge on any atom is 0.277 e. The molecule has 0 fully saturated rings. The largest absolute Gasteiger partial charge is 0.484 e. The van der Waals surface area contributed by atoms with Gasteiger partial charge in [0.25, 0.3) is 16.8 Å². The molecule has 0 aliphatic heterocycles. The first kappa shape index (κ1) is 22.2. The molecule has 2 aromatic carbocycles. The summed E-state index contributed by atoms with van der Waals surface area (Å²) in [5.41, 5.74) is -0.200. The van der Waals surface area contributed by atoms with Gasteiger partial charge in [0.05, 0.1) is 26.4 Å². The van der Waals surface area contributed by atoms with E-state index in [0.717, 1.165) is 23.9 Å². The molecule has 0 atom stereocenters. The molecule has 1 N–H and O–H groups in total. The van der Waals surface area contributed by atoms with Crippen LogP contribution in [0.2, 0.25) is 15.1 Å². The zero-order valence-electron chi connectivity index (χ0n) is 14.8. The third kappa shape index (κ3) is 5.99. The lowest BCUT2D eigenvalue weighted by molar-refractivity contribution is -0.384. The molecule has 156 valence electrons. The minimum atomic E-state index is -0.636. The summed E-state index contributed by atoms with van der Waals surface area (Å²) >= 11 is 18.7. The molecule has 0 spiro atoms. The average molecular weight is 490 g/mol. The number of ether oxygens (including phenoxy) is 1. The van der Waals surface area contributed by atoms with Crippen LogP contribution in [0, 0.1) is 10.1 Å². The number of nitro groups is 1. The number of thioether (sulfide) groups is 1. The maximum absolute atomic E-state index is 12.1. The Balaban J connectivity index is 1.52. The molecule has 9 nitrogen and oxygen atoms in total. The van der Waals surface area contributed by atoms with Crippen LogP contribution >= 0.6 is 46.6 Å². The first-order valence-electron chi connectivity index (χ1n) is 8.08. The summed E-state index contributed by atoms with van der Waals surface area (Å²) in [6.07, 6.45) is 0. The predicted molar refractivity (Wildman–Crippen MR) is 113 cm³/mol. The Kier molecular flexibility index (Phi) is 7.38. The fourth-order valence-corrected chi connectivity index (χ4v) is 3.39. The van der Waals surface area contributed by atoms with Gasteiger partial charge in [-0.05, 0) is 24.3 Å². The highest BCUT2D eigenvalue weighted by molar-refractivity contribution is 7.99. The zero-order valence-corrected chi connectivity index (χ0v) is 17.9. The van der Waals surface area contributed by atoms with Crippen LogP contribution in [-0.4, -0.2) is 26.8 Å². The third-order valence-electron chi connectivity index (χ3n) is 3.45. The average Bonchev–Trinajstić information content (AvgIpc) is 3.16. The monoisotopic (exact) mass is 488 g/mol. The molecular formula is C17H11Cl3N4O5S. The smallest absolute Gasteiger partial charge is 0.277 e. The van der Waals surface area contributed by atoms with E-state index in [1.165, 1.54) is 0 Å². The van der Waals surface area contributed by atoms with Gasteiger partial charge in [0, 0.05) is 17.2 Å². The van der Waals surface area contributed by atoms with Crippen molar-refractivity contribution in [1.82, 2.24) is 10.2 Å². The molecular weight excluding hydrogens is 479 g/mol. The topological polar surface area (TPSA) is 120 Å². The zero-order chi connectivity index (χ0) is 21.7. The van der Waals surface area contributed by atoms with Gasteiger partial charge in [-0.15, -0.1) is 10.2 Å². The van der Waals surface area contributed by atoms with Crippen LogP contribution < -0.4 is 10.1 Å². The molecule has 0 saturated carbocycles. The van der Waals surface area contributed by atoms with Crippen molar-refractivity contribution in [2.24, 2.45) is 0 Å². The van der Waals surface area contributed by atoms with Gasteiger partial charge in [0.15, 0.2) is 6.61 Å². The lowest BCUT2D eigenvalue weighted by Crippen LogP contribution is -2.14. The summed E-state index contributed by atoms with van der Waals surface area (Å²) < 4.78 is 10.9. The summed E-state index contributed by atoms with van der Waals surface area (Å²) in [6.45, 7) is 0.0510. The molecule has 0 aliphatic carbocycles. The number of rotatable bonds is 8. The normalized spacial score (nSPS) is 10.6. The molecule has 3 aromatic rings. The lowest BCUT2D eigenvalue weighted by atomic mass is 10.3. The van der Waals surface area contributed by atoms with E-state index in [9.17, 15) is 14.9 Å². The Labute approximate surface area is 188 Å². The second-order valence-corrected chi connectivity index (χ2v) is 7.76. The number of amides is 1.